The van der Waals surface area contributed by atoms with Crippen LogP contribution in [-0.4, -0.2) is 27.3 Å². The molecule has 2 aromatic heterocycles. The minimum atomic E-state index is -0.756. The number of nitrogens with zero attached hydrogens (tertiary/aromatic N) is 3. The van der Waals surface area contributed by atoms with Crippen molar-refractivity contribution in [1.29, 1.82) is 0 Å². The quantitative estimate of drug-likeness (QED) is 0.736. The average molecular weight is 370 g/mol. The lowest BCUT2D eigenvalue weighted by Crippen LogP contribution is -2.43. The van der Waals surface area contributed by atoms with Gasteiger partial charge >= 0.3 is 0 Å². The molecule has 1 aliphatic rings. The van der Waals surface area contributed by atoms with Crippen LogP contribution in [0.5, 0.6) is 0 Å². The molecule has 0 unspecified atom stereocenters. The summed E-state index contributed by atoms with van der Waals surface area (Å²) in [4.78, 5) is 12.3. The number of carbonyl (C=O) groups excluding carboxylic acids is 1. The van der Waals surface area contributed by atoms with Crippen LogP contribution in [0.2, 0.25) is 0 Å². The molecule has 0 aliphatic heterocycles. The highest BCUT2D eigenvalue weighted by Crippen LogP contribution is 2.37. The molecule has 140 valence electrons. The van der Waals surface area contributed by atoms with Gasteiger partial charge in [-0.05, 0) is 12.8 Å². The Morgan fingerprint density at radius 2 is 1.96 bits per heavy atom. The summed E-state index contributed by atoms with van der Waals surface area (Å²) in [6.07, 6.45) is 1.32. The van der Waals surface area contributed by atoms with E-state index in [1.165, 1.54) is 0 Å². The summed E-state index contributed by atoms with van der Waals surface area (Å²) >= 11 is 0. The van der Waals surface area contributed by atoms with Gasteiger partial charge in [0.25, 0.3) is 11.7 Å². The van der Waals surface area contributed by atoms with E-state index in [1.807, 2.05) is 19.9 Å². The van der Waals surface area contributed by atoms with Crippen molar-refractivity contribution in [3.05, 3.63) is 53.7 Å². The standard InChI is InChI=1S/C19H19FN4O3/c1-10(2)18-22-23-19(26-18)12-8-13(9-12)21-17(25)16-14(20)15(24-27-16)11-6-4-3-5-7-11/h3-7,10,12-13H,8-9H2,1-2H3,(H,21,25). The minimum Gasteiger partial charge on any atom is -0.425 e. The molecule has 1 amide bonds. The van der Waals surface area contributed by atoms with Gasteiger partial charge in [0.15, 0.2) is 5.69 Å². The van der Waals surface area contributed by atoms with Gasteiger partial charge in [-0.3, -0.25) is 4.79 Å². The van der Waals surface area contributed by atoms with E-state index in [0.717, 1.165) is 0 Å². The van der Waals surface area contributed by atoms with Crippen molar-refractivity contribution in [1.82, 2.24) is 20.7 Å². The summed E-state index contributed by atoms with van der Waals surface area (Å²) in [6.45, 7) is 3.97. The maximum Gasteiger partial charge on any atom is 0.293 e. The van der Waals surface area contributed by atoms with E-state index in [0.29, 0.717) is 30.2 Å². The normalized spacial score (nSPS) is 19.1. The third kappa shape index (κ3) is 3.34. The first-order valence-electron chi connectivity index (χ1n) is 8.87. The van der Waals surface area contributed by atoms with Crippen molar-refractivity contribution in [2.45, 2.75) is 44.6 Å². The largest absolute Gasteiger partial charge is 0.425 e. The van der Waals surface area contributed by atoms with Gasteiger partial charge in [-0.15, -0.1) is 10.2 Å². The van der Waals surface area contributed by atoms with E-state index in [9.17, 15) is 9.18 Å². The first kappa shape index (κ1) is 17.4. The summed E-state index contributed by atoms with van der Waals surface area (Å²) in [6, 6.07) is 8.65. The number of halogens is 1. The summed E-state index contributed by atoms with van der Waals surface area (Å²) in [7, 11) is 0. The summed E-state index contributed by atoms with van der Waals surface area (Å²) in [5.74, 6) is -0.301. The molecule has 1 saturated carbocycles. The highest BCUT2D eigenvalue weighted by molar-refractivity contribution is 5.93. The van der Waals surface area contributed by atoms with Gasteiger partial charge in [-0.25, -0.2) is 0 Å². The van der Waals surface area contributed by atoms with Crippen molar-refractivity contribution in [3.63, 3.8) is 0 Å². The second-order valence-corrected chi connectivity index (χ2v) is 7.01. The van der Waals surface area contributed by atoms with Crippen LogP contribution in [-0.2, 0) is 0 Å². The van der Waals surface area contributed by atoms with Gasteiger partial charge in [-0.2, -0.15) is 4.39 Å². The van der Waals surface area contributed by atoms with Crippen molar-refractivity contribution in [2.75, 3.05) is 0 Å². The Labute approximate surface area is 155 Å². The monoisotopic (exact) mass is 370 g/mol. The SMILES string of the molecule is CC(C)c1nnc(C2CC(NC(=O)c3onc(-c4ccccc4)c3F)C2)o1. The number of carbonyl (C=O) groups is 1. The van der Waals surface area contributed by atoms with Crippen LogP contribution >= 0.6 is 0 Å². The first-order chi connectivity index (χ1) is 13.0. The lowest BCUT2D eigenvalue weighted by Gasteiger charge is -2.33. The Hall–Kier alpha value is -3.03. The summed E-state index contributed by atoms with van der Waals surface area (Å²) in [5, 5.41) is 14.5. The molecular weight excluding hydrogens is 351 g/mol. The topological polar surface area (TPSA) is 94.1 Å². The fourth-order valence-corrected chi connectivity index (χ4v) is 3.03. The molecular formula is C19H19FN4O3. The smallest absolute Gasteiger partial charge is 0.293 e. The number of nitrogens with one attached hydrogen (secondary N) is 1. The number of benzene rings is 1. The molecule has 1 fully saturated rings. The molecule has 4 rings (SSSR count). The maximum atomic E-state index is 14.5. The predicted molar refractivity (Wildman–Crippen MR) is 93.5 cm³/mol. The van der Waals surface area contributed by atoms with Crippen molar-refractivity contribution >= 4 is 5.91 Å². The van der Waals surface area contributed by atoms with Crippen LogP contribution in [0, 0.1) is 5.82 Å². The molecule has 0 saturated heterocycles. The van der Waals surface area contributed by atoms with Gasteiger partial charge in [0, 0.05) is 23.4 Å². The number of hydrogen-bond donors (Lipinski definition) is 1. The predicted octanol–water partition coefficient (Wildman–Crippen LogP) is 3.66. The van der Waals surface area contributed by atoms with E-state index in [1.54, 1.807) is 24.3 Å². The Morgan fingerprint density at radius 1 is 1.22 bits per heavy atom. The van der Waals surface area contributed by atoms with Crippen LogP contribution in [0.15, 0.2) is 39.3 Å². The van der Waals surface area contributed by atoms with Crippen LogP contribution in [0.4, 0.5) is 4.39 Å². The molecule has 8 heteroatoms. The molecule has 1 N–H and O–H groups in total. The number of hydrogen-bond acceptors (Lipinski definition) is 6. The number of amides is 1. The van der Waals surface area contributed by atoms with Crippen molar-refractivity contribution < 1.29 is 18.1 Å². The molecule has 3 aromatic rings. The van der Waals surface area contributed by atoms with Gasteiger partial charge in [0.1, 0.15) is 0 Å². The number of aromatic nitrogens is 3. The average Bonchev–Trinajstić information content (AvgIpc) is 3.25. The van der Waals surface area contributed by atoms with E-state index in [2.05, 4.69) is 20.7 Å². The summed E-state index contributed by atoms with van der Waals surface area (Å²) < 4.78 is 25.1. The highest BCUT2D eigenvalue weighted by atomic mass is 19.1. The van der Waals surface area contributed by atoms with Crippen LogP contribution in [0.25, 0.3) is 11.3 Å². The molecule has 7 nitrogen and oxygen atoms in total. The highest BCUT2D eigenvalue weighted by Gasteiger charge is 2.36. The number of rotatable bonds is 5. The minimum absolute atomic E-state index is 0.0271. The molecule has 1 aliphatic carbocycles. The van der Waals surface area contributed by atoms with Crippen LogP contribution in [0.1, 0.15) is 60.9 Å². The lowest BCUT2D eigenvalue weighted by molar-refractivity contribution is 0.0859. The molecule has 1 aromatic carbocycles. The molecule has 0 spiro atoms. The molecule has 27 heavy (non-hydrogen) atoms. The third-order valence-electron chi connectivity index (χ3n) is 4.66. The Balaban J connectivity index is 1.37. The molecule has 0 radical (unpaired) electrons. The molecule has 2 heterocycles. The van der Waals surface area contributed by atoms with Crippen LogP contribution in [0.3, 0.4) is 0 Å². The van der Waals surface area contributed by atoms with Gasteiger partial charge in [0.2, 0.25) is 17.6 Å². The van der Waals surface area contributed by atoms with Gasteiger partial charge < -0.3 is 14.3 Å². The zero-order valence-corrected chi connectivity index (χ0v) is 15.0. The lowest BCUT2D eigenvalue weighted by atomic mass is 9.80. The zero-order chi connectivity index (χ0) is 19.0. The third-order valence-corrected chi connectivity index (χ3v) is 4.66. The first-order valence-corrected chi connectivity index (χ1v) is 8.87. The zero-order valence-electron chi connectivity index (χ0n) is 15.0. The fourth-order valence-electron chi connectivity index (χ4n) is 3.03. The molecule has 0 bridgehead atoms. The second kappa shape index (κ2) is 6.94. The van der Waals surface area contributed by atoms with E-state index in [-0.39, 0.29) is 23.6 Å². The Morgan fingerprint density at radius 3 is 2.63 bits per heavy atom. The van der Waals surface area contributed by atoms with E-state index < -0.39 is 17.5 Å². The van der Waals surface area contributed by atoms with Crippen molar-refractivity contribution in [2.24, 2.45) is 0 Å². The fraction of sp³-hybridized carbons (Fsp3) is 0.368. The van der Waals surface area contributed by atoms with Crippen LogP contribution < -0.4 is 5.32 Å². The van der Waals surface area contributed by atoms with Crippen molar-refractivity contribution in [3.8, 4) is 11.3 Å². The van der Waals surface area contributed by atoms with E-state index in [4.69, 9.17) is 8.94 Å². The summed E-state index contributed by atoms with van der Waals surface area (Å²) in [5.41, 5.74) is 0.582. The maximum absolute atomic E-state index is 14.5. The van der Waals surface area contributed by atoms with E-state index >= 15 is 0 Å². The molecule has 0 atom stereocenters. The van der Waals surface area contributed by atoms with Gasteiger partial charge in [-0.1, -0.05) is 49.3 Å². The Kier molecular flexibility index (Phi) is 4.47. The second-order valence-electron chi connectivity index (χ2n) is 7.01. The Bertz CT molecular complexity index is 945. The van der Waals surface area contributed by atoms with Gasteiger partial charge in [0.05, 0.1) is 0 Å².